The van der Waals surface area contributed by atoms with Crippen molar-refractivity contribution in [2.24, 2.45) is 0 Å². The van der Waals surface area contributed by atoms with Crippen LogP contribution in [0.2, 0.25) is 0 Å². The first-order chi connectivity index (χ1) is 14.5. The standard InChI is InChI=1S/C24H27NO5/c1-4-17-10-12-18(13-11-17)14-25(3)22(26)16-29-24(27)23-20(15-28-5-2)19-8-6-7-9-21(19)30-23/h6-13H,4-5,14-16H2,1-3H3. The van der Waals surface area contributed by atoms with Gasteiger partial charge in [-0.1, -0.05) is 49.4 Å². The minimum Gasteiger partial charge on any atom is -0.450 e. The zero-order chi connectivity index (χ0) is 21.5. The number of nitrogens with zero attached hydrogens (tertiary/aromatic N) is 1. The summed E-state index contributed by atoms with van der Waals surface area (Å²) in [5, 5.41) is 0.803. The lowest BCUT2D eigenvalue weighted by molar-refractivity contribution is -0.133. The van der Waals surface area contributed by atoms with Crippen molar-refractivity contribution in [3.05, 3.63) is 71.0 Å². The summed E-state index contributed by atoms with van der Waals surface area (Å²) in [5.74, 6) is -0.879. The predicted octanol–water partition coefficient (Wildman–Crippen LogP) is 4.35. The van der Waals surface area contributed by atoms with E-state index in [1.165, 1.54) is 10.5 Å². The number of hydrogen-bond acceptors (Lipinski definition) is 5. The van der Waals surface area contributed by atoms with E-state index < -0.39 is 5.97 Å². The molecule has 158 valence electrons. The van der Waals surface area contributed by atoms with E-state index in [0.717, 1.165) is 17.4 Å². The van der Waals surface area contributed by atoms with Crippen LogP contribution in [0.25, 0.3) is 11.0 Å². The molecule has 1 aromatic heterocycles. The van der Waals surface area contributed by atoms with Crippen LogP contribution in [0.15, 0.2) is 52.9 Å². The minimum absolute atomic E-state index is 0.0789. The largest absolute Gasteiger partial charge is 0.450 e. The van der Waals surface area contributed by atoms with Gasteiger partial charge in [-0.25, -0.2) is 4.79 Å². The van der Waals surface area contributed by atoms with Crippen molar-refractivity contribution < 1.29 is 23.5 Å². The highest BCUT2D eigenvalue weighted by atomic mass is 16.5. The molecule has 1 amide bonds. The first kappa shape index (κ1) is 21.6. The number of carbonyl (C=O) groups excluding carboxylic acids is 2. The molecule has 30 heavy (non-hydrogen) atoms. The SMILES string of the molecule is CCOCc1c(C(=O)OCC(=O)N(C)Cc2ccc(CC)cc2)oc2ccccc12. The van der Waals surface area contributed by atoms with Crippen LogP contribution in [0.3, 0.4) is 0 Å². The Hall–Kier alpha value is -3.12. The van der Waals surface area contributed by atoms with Crippen molar-refractivity contribution in [3.63, 3.8) is 0 Å². The van der Waals surface area contributed by atoms with Gasteiger partial charge in [-0.05, 0) is 30.5 Å². The zero-order valence-corrected chi connectivity index (χ0v) is 17.6. The molecule has 0 unspecified atom stereocenters. The first-order valence-electron chi connectivity index (χ1n) is 10.1. The molecule has 3 rings (SSSR count). The van der Waals surface area contributed by atoms with E-state index in [1.54, 1.807) is 13.1 Å². The van der Waals surface area contributed by atoms with E-state index >= 15 is 0 Å². The summed E-state index contributed by atoms with van der Waals surface area (Å²) in [4.78, 5) is 26.6. The highest BCUT2D eigenvalue weighted by molar-refractivity contribution is 5.96. The van der Waals surface area contributed by atoms with Gasteiger partial charge in [0.1, 0.15) is 5.58 Å². The van der Waals surface area contributed by atoms with Crippen LogP contribution in [-0.2, 0) is 33.8 Å². The van der Waals surface area contributed by atoms with Gasteiger partial charge in [0.15, 0.2) is 6.61 Å². The molecule has 0 fully saturated rings. The molecule has 0 atom stereocenters. The average molecular weight is 409 g/mol. The molecule has 0 spiro atoms. The molecule has 0 bridgehead atoms. The number of hydrogen-bond donors (Lipinski definition) is 0. The molecule has 2 aromatic carbocycles. The van der Waals surface area contributed by atoms with E-state index in [-0.39, 0.29) is 24.9 Å². The number of esters is 1. The summed E-state index contributed by atoms with van der Waals surface area (Å²) in [6.07, 6.45) is 0.970. The maximum Gasteiger partial charge on any atom is 0.375 e. The van der Waals surface area contributed by atoms with Crippen molar-refractivity contribution >= 4 is 22.8 Å². The van der Waals surface area contributed by atoms with E-state index in [4.69, 9.17) is 13.9 Å². The third-order valence-corrected chi connectivity index (χ3v) is 4.94. The van der Waals surface area contributed by atoms with Gasteiger partial charge in [0.2, 0.25) is 5.76 Å². The summed E-state index contributed by atoms with van der Waals surface area (Å²) < 4.78 is 16.4. The van der Waals surface area contributed by atoms with Crippen LogP contribution in [0.1, 0.15) is 41.1 Å². The number of likely N-dealkylation sites (N-methyl/N-ethyl adjacent to an activating group) is 1. The van der Waals surface area contributed by atoms with Crippen LogP contribution in [-0.4, -0.2) is 37.0 Å². The smallest absolute Gasteiger partial charge is 0.375 e. The molecular formula is C24H27NO5. The molecule has 0 radical (unpaired) electrons. The summed E-state index contributed by atoms with van der Waals surface area (Å²) >= 11 is 0. The average Bonchev–Trinajstić information content (AvgIpc) is 3.14. The Balaban J connectivity index is 1.63. The molecule has 0 saturated heterocycles. The van der Waals surface area contributed by atoms with Crippen LogP contribution >= 0.6 is 0 Å². The maximum atomic E-state index is 12.6. The lowest BCUT2D eigenvalue weighted by Gasteiger charge is -2.17. The Morgan fingerprint density at radius 2 is 1.70 bits per heavy atom. The number of furan rings is 1. The normalized spacial score (nSPS) is 10.9. The van der Waals surface area contributed by atoms with E-state index in [2.05, 4.69) is 19.1 Å². The van der Waals surface area contributed by atoms with Gasteiger partial charge < -0.3 is 18.8 Å². The Morgan fingerprint density at radius 1 is 1.00 bits per heavy atom. The van der Waals surface area contributed by atoms with Gasteiger partial charge in [0.05, 0.1) is 6.61 Å². The third-order valence-electron chi connectivity index (χ3n) is 4.94. The second kappa shape index (κ2) is 10.1. The van der Waals surface area contributed by atoms with Gasteiger partial charge in [0.25, 0.3) is 5.91 Å². The fraction of sp³-hybridized carbons (Fsp3) is 0.333. The fourth-order valence-electron chi connectivity index (χ4n) is 3.16. The Kier molecular flexibility index (Phi) is 7.25. The third kappa shape index (κ3) is 5.07. The van der Waals surface area contributed by atoms with Crippen LogP contribution in [0, 0.1) is 0 Å². The molecule has 0 aliphatic carbocycles. The van der Waals surface area contributed by atoms with Gasteiger partial charge in [-0.2, -0.15) is 0 Å². The van der Waals surface area contributed by atoms with Crippen molar-refractivity contribution in [2.45, 2.75) is 33.4 Å². The fourth-order valence-corrected chi connectivity index (χ4v) is 3.16. The summed E-state index contributed by atoms with van der Waals surface area (Å²) in [5.41, 5.74) is 3.48. The summed E-state index contributed by atoms with van der Waals surface area (Å²) in [7, 11) is 1.69. The number of para-hydroxylation sites is 1. The molecule has 0 aliphatic rings. The van der Waals surface area contributed by atoms with Crippen molar-refractivity contribution in [1.29, 1.82) is 0 Å². The van der Waals surface area contributed by atoms with Crippen molar-refractivity contribution in [1.82, 2.24) is 4.90 Å². The number of benzene rings is 2. The number of aryl methyl sites for hydroxylation is 1. The molecule has 0 saturated carbocycles. The Bertz CT molecular complexity index is 1010. The minimum atomic E-state index is -0.671. The van der Waals surface area contributed by atoms with Gasteiger partial charge >= 0.3 is 5.97 Å². The molecule has 6 nitrogen and oxygen atoms in total. The van der Waals surface area contributed by atoms with E-state index in [1.807, 2.05) is 37.3 Å². The molecule has 0 N–H and O–H groups in total. The molecule has 1 heterocycles. The quantitative estimate of drug-likeness (QED) is 0.492. The number of carbonyl (C=O) groups is 2. The van der Waals surface area contributed by atoms with Crippen LogP contribution in [0.5, 0.6) is 0 Å². The van der Waals surface area contributed by atoms with Gasteiger partial charge in [-0.3, -0.25) is 4.79 Å². The summed E-state index contributed by atoms with van der Waals surface area (Å²) in [6, 6.07) is 15.5. The Morgan fingerprint density at radius 3 is 2.40 bits per heavy atom. The second-order valence-electron chi connectivity index (χ2n) is 7.04. The highest BCUT2D eigenvalue weighted by Crippen LogP contribution is 2.27. The van der Waals surface area contributed by atoms with Crippen LogP contribution < -0.4 is 0 Å². The molecule has 6 heteroatoms. The molecule has 0 aliphatic heterocycles. The number of rotatable bonds is 9. The number of ether oxygens (including phenoxy) is 2. The van der Waals surface area contributed by atoms with Gasteiger partial charge in [-0.15, -0.1) is 0 Å². The highest BCUT2D eigenvalue weighted by Gasteiger charge is 2.23. The van der Waals surface area contributed by atoms with Crippen molar-refractivity contribution in [2.75, 3.05) is 20.3 Å². The lowest BCUT2D eigenvalue weighted by atomic mass is 10.1. The van der Waals surface area contributed by atoms with Crippen LogP contribution in [0.4, 0.5) is 0 Å². The first-order valence-corrected chi connectivity index (χ1v) is 10.1. The predicted molar refractivity (Wildman–Crippen MR) is 114 cm³/mol. The monoisotopic (exact) mass is 409 g/mol. The zero-order valence-electron chi connectivity index (χ0n) is 17.6. The van der Waals surface area contributed by atoms with E-state index in [9.17, 15) is 9.59 Å². The van der Waals surface area contributed by atoms with E-state index in [0.29, 0.717) is 24.3 Å². The van der Waals surface area contributed by atoms with Crippen molar-refractivity contribution in [3.8, 4) is 0 Å². The number of fused-ring (bicyclic) bond motifs is 1. The maximum absolute atomic E-state index is 12.6. The number of amides is 1. The second-order valence-corrected chi connectivity index (χ2v) is 7.04. The lowest BCUT2D eigenvalue weighted by Crippen LogP contribution is -2.30. The van der Waals surface area contributed by atoms with Gasteiger partial charge in [0, 0.05) is 31.1 Å². The Labute approximate surface area is 176 Å². The molecule has 3 aromatic rings. The molecular weight excluding hydrogens is 382 g/mol. The summed E-state index contributed by atoms with van der Waals surface area (Å²) in [6.45, 7) is 4.82. The topological polar surface area (TPSA) is 69.0 Å².